The summed E-state index contributed by atoms with van der Waals surface area (Å²) in [5.41, 5.74) is 0.961. The summed E-state index contributed by atoms with van der Waals surface area (Å²) >= 11 is 1.68. The Kier molecular flexibility index (Phi) is 3.12. The summed E-state index contributed by atoms with van der Waals surface area (Å²) in [4.78, 5) is 8.16. The predicted octanol–water partition coefficient (Wildman–Crippen LogP) is 1.58. The number of nitrogens with zero attached hydrogens (tertiary/aromatic N) is 7. The fourth-order valence-electron chi connectivity index (χ4n) is 2.52. The summed E-state index contributed by atoms with van der Waals surface area (Å²) in [6.07, 6.45) is 7.02. The van der Waals surface area contributed by atoms with Crippen LogP contribution >= 0.6 is 11.8 Å². The van der Waals surface area contributed by atoms with Gasteiger partial charge in [-0.25, -0.2) is 4.98 Å². The smallest absolute Gasteiger partial charge is 0.212 e. The molecule has 8 heteroatoms. The Morgan fingerprint density at radius 1 is 1.36 bits per heavy atom. The van der Waals surface area contributed by atoms with Gasteiger partial charge in [0.05, 0.1) is 0 Å². The molecule has 1 unspecified atom stereocenters. The molecule has 22 heavy (non-hydrogen) atoms. The SMILES string of the molecule is N#Cc1nccn1CC1Cn2c(nnc2-c2cccnc2)S1. The van der Waals surface area contributed by atoms with Crippen LogP contribution in [-0.4, -0.2) is 34.5 Å². The van der Waals surface area contributed by atoms with Crippen LogP contribution in [0.15, 0.2) is 42.1 Å². The molecule has 1 aliphatic heterocycles. The zero-order valence-electron chi connectivity index (χ0n) is 11.5. The van der Waals surface area contributed by atoms with Gasteiger partial charge in [-0.1, -0.05) is 11.8 Å². The molecule has 0 bridgehead atoms. The largest absolute Gasteiger partial charge is 0.321 e. The molecular formula is C14H11N7S. The lowest BCUT2D eigenvalue weighted by Gasteiger charge is -2.10. The summed E-state index contributed by atoms with van der Waals surface area (Å²) in [7, 11) is 0. The van der Waals surface area contributed by atoms with Gasteiger partial charge in [0.15, 0.2) is 11.0 Å². The van der Waals surface area contributed by atoms with Crippen LogP contribution in [0.25, 0.3) is 11.4 Å². The average Bonchev–Trinajstić information content (AvgIpc) is 3.23. The first-order valence-corrected chi connectivity index (χ1v) is 7.64. The Bertz CT molecular complexity index is 846. The van der Waals surface area contributed by atoms with Gasteiger partial charge in [-0.3, -0.25) is 4.98 Å². The van der Waals surface area contributed by atoms with Crippen LogP contribution in [0.5, 0.6) is 0 Å². The molecule has 3 aromatic heterocycles. The molecule has 0 aliphatic carbocycles. The number of aromatic nitrogens is 6. The first kappa shape index (κ1) is 13.0. The maximum atomic E-state index is 9.03. The van der Waals surface area contributed by atoms with Gasteiger partial charge < -0.3 is 9.13 Å². The van der Waals surface area contributed by atoms with Crippen LogP contribution in [-0.2, 0) is 13.1 Å². The van der Waals surface area contributed by atoms with E-state index in [1.807, 2.05) is 22.9 Å². The maximum absolute atomic E-state index is 9.03. The van der Waals surface area contributed by atoms with Crippen LogP contribution in [0, 0.1) is 11.3 Å². The highest BCUT2D eigenvalue weighted by atomic mass is 32.2. The molecule has 0 saturated carbocycles. The lowest BCUT2D eigenvalue weighted by Crippen LogP contribution is -2.15. The fraction of sp³-hybridized carbons (Fsp3) is 0.214. The molecule has 3 aromatic rings. The van der Waals surface area contributed by atoms with Crippen molar-refractivity contribution in [3.63, 3.8) is 0 Å². The van der Waals surface area contributed by atoms with Crippen molar-refractivity contribution in [1.29, 1.82) is 5.26 Å². The Hall–Kier alpha value is -2.66. The van der Waals surface area contributed by atoms with Crippen LogP contribution in [0.4, 0.5) is 0 Å². The fourth-order valence-corrected chi connectivity index (χ4v) is 3.66. The van der Waals surface area contributed by atoms with E-state index in [9.17, 15) is 0 Å². The zero-order chi connectivity index (χ0) is 14.9. The van der Waals surface area contributed by atoms with Crippen molar-refractivity contribution in [3.8, 4) is 17.5 Å². The lowest BCUT2D eigenvalue weighted by atomic mass is 10.2. The highest BCUT2D eigenvalue weighted by Gasteiger charge is 2.28. The number of nitriles is 1. The maximum Gasteiger partial charge on any atom is 0.212 e. The molecule has 0 radical (unpaired) electrons. The number of imidazole rings is 1. The minimum atomic E-state index is 0.308. The molecule has 0 fully saturated rings. The van der Waals surface area contributed by atoms with E-state index in [0.29, 0.717) is 11.1 Å². The molecule has 108 valence electrons. The van der Waals surface area contributed by atoms with Crippen molar-refractivity contribution < 1.29 is 0 Å². The Labute approximate surface area is 130 Å². The lowest BCUT2D eigenvalue weighted by molar-refractivity contribution is 0.579. The van der Waals surface area contributed by atoms with E-state index in [1.54, 1.807) is 30.4 Å². The molecule has 1 atom stereocenters. The predicted molar refractivity (Wildman–Crippen MR) is 79.8 cm³/mol. The summed E-state index contributed by atoms with van der Waals surface area (Å²) in [6, 6.07) is 5.97. The number of rotatable bonds is 3. The third-order valence-electron chi connectivity index (χ3n) is 3.51. The van der Waals surface area contributed by atoms with Crippen LogP contribution < -0.4 is 0 Å². The van der Waals surface area contributed by atoms with Crippen molar-refractivity contribution in [2.45, 2.75) is 23.5 Å². The first-order valence-electron chi connectivity index (χ1n) is 6.76. The third-order valence-corrected chi connectivity index (χ3v) is 4.66. The average molecular weight is 309 g/mol. The normalized spacial score (nSPS) is 16.4. The quantitative estimate of drug-likeness (QED) is 0.730. The minimum Gasteiger partial charge on any atom is -0.321 e. The van der Waals surface area contributed by atoms with Gasteiger partial charge in [0.2, 0.25) is 5.82 Å². The van der Waals surface area contributed by atoms with E-state index >= 15 is 0 Å². The van der Waals surface area contributed by atoms with Crippen LogP contribution in [0.3, 0.4) is 0 Å². The summed E-state index contributed by atoms with van der Waals surface area (Å²) in [5, 5.41) is 18.8. The molecular weight excluding hydrogens is 298 g/mol. The van der Waals surface area contributed by atoms with E-state index in [2.05, 4.69) is 30.8 Å². The summed E-state index contributed by atoms with van der Waals surface area (Å²) in [5.74, 6) is 1.28. The van der Waals surface area contributed by atoms with Crippen LogP contribution in [0.2, 0.25) is 0 Å². The highest BCUT2D eigenvalue weighted by Crippen LogP contribution is 2.35. The minimum absolute atomic E-state index is 0.308. The molecule has 1 aliphatic rings. The molecule has 0 saturated heterocycles. The van der Waals surface area contributed by atoms with Gasteiger partial charge >= 0.3 is 0 Å². The van der Waals surface area contributed by atoms with Crippen molar-refractivity contribution in [1.82, 2.24) is 29.3 Å². The van der Waals surface area contributed by atoms with E-state index in [1.165, 1.54) is 0 Å². The number of thioether (sulfide) groups is 1. The van der Waals surface area contributed by atoms with Gasteiger partial charge in [-0.2, -0.15) is 5.26 Å². The first-order chi connectivity index (χ1) is 10.8. The second-order valence-corrected chi connectivity index (χ2v) is 6.18. The molecule has 0 N–H and O–H groups in total. The topological polar surface area (TPSA) is 85.2 Å². The third kappa shape index (κ3) is 2.16. The van der Waals surface area contributed by atoms with E-state index in [4.69, 9.17) is 5.26 Å². The van der Waals surface area contributed by atoms with Crippen LogP contribution in [0.1, 0.15) is 5.82 Å². The molecule has 0 spiro atoms. The van der Waals surface area contributed by atoms with Crippen molar-refractivity contribution in [2.24, 2.45) is 0 Å². The van der Waals surface area contributed by atoms with Gasteiger partial charge in [0.25, 0.3) is 0 Å². The van der Waals surface area contributed by atoms with E-state index < -0.39 is 0 Å². The molecule has 4 rings (SSSR count). The van der Waals surface area contributed by atoms with Crippen molar-refractivity contribution in [3.05, 3.63) is 42.7 Å². The number of fused-ring (bicyclic) bond motifs is 1. The van der Waals surface area contributed by atoms with Gasteiger partial charge in [0, 0.05) is 48.7 Å². The Morgan fingerprint density at radius 3 is 3.14 bits per heavy atom. The monoisotopic (exact) mass is 309 g/mol. The van der Waals surface area contributed by atoms with Gasteiger partial charge in [-0.05, 0) is 12.1 Å². The Morgan fingerprint density at radius 2 is 2.32 bits per heavy atom. The number of hydrogen-bond acceptors (Lipinski definition) is 6. The van der Waals surface area contributed by atoms with E-state index in [-0.39, 0.29) is 0 Å². The second kappa shape index (κ2) is 5.27. The zero-order valence-corrected chi connectivity index (χ0v) is 12.3. The van der Waals surface area contributed by atoms with Crippen molar-refractivity contribution in [2.75, 3.05) is 0 Å². The molecule has 7 nitrogen and oxygen atoms in total. The highest BCUT2D eigenvalue weighted by molar-refractivity contribution is 8.00. The summed E-state index contributed by atoms with van der Waals surface area (Å²) < 4.78 is 3.98. The molecule has 0 aromatic carbocycles. The summed E-state index contributed by atoms with van der Waals surface area (Å²) in [6.45, 7) is 1.53. The van der Waals surface area contributed by atoms with Gasteiger partial charge in [-0.15, -0.1) is 10.2 Å². The number of hydrogen-bond donors (Lipinski definition) is 0. The standard InChI is InChI=1S/C14H11N7S/c15-6-12-17-4-5-20(12)8-11-9-21-13(18-19-14(21)22-11)10-2-1-3-16-7-10/h1-5,7,11H,8-9H2. The second-order valence-electron chi connectivity index (χ2n) is 4.91. The Balaban J connectivity index is 1.57. The molecule has 0 amide bonds. The van der Waals surface area contributed by atoms with Gasteiger partial charge in [0.1, 0.15) is 6.07 Å². The van der Waals surface area contributed by atoms with Crippen molar-refractivity contribution >= 4 is 11.8 Å². The molecule has 4 heterocycles. The number of pyridine rings is 1. The van der Waals surface area contributed by atoms with E-state index in [0.717, 1.165) is 29.6 Å².